The molecule has 0 aromatic heterocycles. The minimum absolute atomic E-state index is 0.197. The fourth-order valence-electron chi connectivity index (χ4n) is 1.81. The van der Waals surface area contributed by atoms with Crippen LogP contribution in [0, 0.1) is 6.92 Å². The Morgan fingerprint density at radius 1 is 1.14 bits per heavy atom. The minimum atomic E-state index is -3.43. The number of rotatable bonds is 9. The highest BCUT2D eigenvalue weighted by molar-refractivity contribution is 7.89. The van der Waals surface area contributed by atoms with Crippen molar-refractivity contribution in [1.29, 1.82) is 0 Å². The van der Waals surface area contributed by atoms with Gasteiger partial charge in [0, 0.05) is 13.0 Å². The lowest BCUT2D eigenvalue weighted by Crippen LogP contribution is -2.24. The van der Waals surface area contributed by atoms with Crippen LogP contribution in [0.5, 0.6) is 0 Å². The highest BCUT2D eigenvalue weighted by Gasteiger charge is 2.12. The Hall–Kier alpha value is -1.40. The van der Waals surface area contributed by atoms with Crippen molar-refractivity contribution >= 4 is 16.0 Å². The van der Waals surface area contributed by atoms with Crippen LogP contribution >= 0.6 is 0 Å². The van der Waals surface area contributed by atoms with Gasteiger partial charge in [-0.1, -0.05) is 24.1 Å². The van der Waals surface area contributed by atoms with E-state index in [1.807, 2.05) is 6.92 Å². The third-order valence-electron chi connectivity index (χ3n) is 2.99. The van der Waals surface area contributed by atoms with Crippen molar-refractivity contribution in [3.8, 4) is 0 Å². The molecule has 0 heterocycles. The smallest absolute Gasteiger partial charge is 0.305 e. The van der Waals surface area contributed by atoms with Gasteiger partial charge in [-0.05, 0) is 38.8 Å². The SMILES string of the molecule is CCOC(=O)CCCCCNS(=O)(=O)c1ccc(C)cc1. The van der Waals surface area contributed by atoms with Crippen molar-refractivity contribution in [2.45, 2.75) is 44.4 Å². The number of carbonyl (C=O) groups excluding carboxylic acids is 1. The Balaban J connectivity index is 2.25. The van der Waals surface area contributed by atoms with Crippen molar-refractivity contribution in [1.82, 2.24) is 4.72 Å². The quantitative estimate of drug-likeness (QED) is 0.561. The molecule has 6 heteroatoms. The normalized spacial score (nSPS) is 11.3. The summed E-state index contributed by atoms with van der Waals surface area (Å²) in [7, 11) is -3.43. The number of ether oxygens (including phenoxy) is 1. The molecule has 0 bridgehead atoms. The van der Waals surface area contributed by atoms with Gasteiger partial charge in [-0.3, -0.25) is 4.79 Å². The molecule has 1 rings (SSSR count). The van der Waals surface area contributed by atoms with E-state index in [1.165, 1.54) is 0 Å². The summed E-state index contributed by atoms with van der Waals surface area (Å²) in [5.41, 5.74) is 1.02. The second kappa shape index (κ2) is 8.79. The first-order chi connectivity index (χ1) is 9.95. The van der Waals surface area contributed by atoms with Crippen LogP contribution < -0.4 is 4.72 Å². The Morgan fingerprint density at radius 2 is 1.81 bits per heavy atom. The maximum absolute atomic E-state index is 12.0. The average molecular weight is 313 g/mol. The zero-order chi connectivity index (χ0) is 15.7. The van der Waals surface area contributed by atoms with Crippen LogP contribution in [0.4, 0.5) is 0 Å². The fraction of sp³-hybridized carbons (Fsp3) is 0.533. The van der Waals surface area contributed by atoms with Gasteiger partial charge in [0.05, 0.1) is 11.5 Å². The van der Waals surface area contributed by atoms with Crippen LogP contribution in [0.2, 0.25) is 0 Å². The Bertz CT molecular complexity index is 537. The molecule has 0 spiro atoms. The topological polar surface area (TPSA) is 72.5 Å². The molecule has 0 fully saturated rings. The average Bonchev–Trinajstić information content (AvgIpc) is 2.43. The first-order valence-electron chi connectivity index (χ1n) is 7.17. The molecule has 1 aromatic rings. The fourth-order valence-corrected chi connectivity index (χ4v) is 2.89. The summed E-state index contributed by atoms with van der Waals surface area (Å²) in [5, 5.41) is 0. The minimum Gasteiger partial charge on any atom is -0.466 e. The second-order valence-corrected chi connectivity index (χ2v) is 6.59. The summed E-state index contributed by atoms with van der Waals surface area (Å²) in [5.74, 6) is -0.197. The molecule has 0 aliphatic carbocycles. The number of esters is 1. The number of aryl methyl sites for hydroxylation is 1. The van der Waals surface area contributed by atoms with Crippen LogP contribution in [0.25, 0.3) is 0 Å². The van der Waals surface area contributed by atoms with Crippen LogP contribution in [0.3, 0.4) is 0 Å². The largest absolute Gasteiger partial charge is 0.466 e. The lowest BCUT2D eigenvalue weighted by Gasteiger charge is -2.07. The van der Waals surface area contributed by atoms with Gasteiger partial charge in [0.1, 0.15) is 0 Å². The molecule has 1 N–H and O–H groups in total. The second-order valence-electron chi connectivity index (χ2n) is 4.83. The number of sulfonamides is 1. The van der Waals surface area contributed by atoms with Gasteiger partial charge in [0.2, 0.25) is 10.0 Å². The number of hydrogen-bond donors (Lipinski definition) is 1. The Kier molecular flexibility index (Phi) is 7.39. The standard InChI is InChI=1S/C15H23NO4S/c1-3-20-15(17)7-5-4-6-12-16-21(18,19)14-10-8-13(2)9-11-14/h8-11,16H,3-7,12H2,1-2H3. The zero-order valence-electron chi connectivity index (χ0n) is 12.6. The van der Waals surface area contributed by atoms with Crippen LogP contribution in [0.1, 0.15) is 38.2 Å². The summed E-state index contributed by atoms with van der Waals surface area (Å²) in [6.45, 7) is 4.46. The molecule has 0 aliphatic heterocycles. The maximum Gasteiger partial charge on any atom is 0.305 e. The molecule has 0 unspecified atom stereocenters. The predicted molar refractivity (Wildman–Crippen MR) is 81.5 cm³/mol. The number of nitrogens with one attached hydrogen (secondary N) is 1. The molecule has 0 amide bonds. The number of hydrogen-bond acceptors (Lipinski definition) is 4. The lowest BCUT2D eigenvalue weighted by atomic mass is 10.2. The van der Waals surface area contributed by atoms with Gasteiger partial charge < -0.3 is 4.74 Å². The third-order valence-corrected chi connectivity index (χ3v) is 4.46. The van der Waals surface area contributed by atoms with Crippen molar-refractivity contribution in [2.24, 2.45) is 0 Å². The summed E-state index contributed by atoms with van der Waals surface area (Å²) >= 11 is 0. The van der Waals surface area contributed by atoms with Gasteiger partial charge in [0.15, 0.2) is 0 Å². The van der Waals surface area contributed by atoms with Gasteiger partial charge in [-0.25, -0.2) is 13.1 Å². The number of carbonyl (C=O) groups is 1. The van der Waals surface area contributed by atoms with Crippen molar-refractivity contribution in [3.63, 3.8) is 0 Å². The molecule has 0 saturated heterocycles. The molecule has 0 aliphatic rings. The van der Waals surface area contributed by atoms with E-state index in [0.29, 0.717) is 32.4 Å². The van der Waals surface area contributed by atoms with E-state index in [4.69, 9.17) is 4.74 Å². The van der Waals surface area contributed by atoms with E-state index in [2.05, 4.69) is 4.72 Å². The molecule has 0 atom stereocenters. The zero-order valence-corrected chi connectivity index (χ0v) is 13.4. The lowest BCUT2D eigenvalue weighted by molar-refractivity contribution is -0.143. The Labute approximate surface area is 126 Å². The summed E-state index contributed by atoms with van der Waals surface area (Å²) in [6.07, 6.45) is 2.59. The molecular formula is C15H23NO4S. The van der Waals surface area contributed by atoms with Crippen molar-refractivity contribution < 1.29 is 17.9 Å². The molecular weight excluding hydrogens is 290 g/mol. The first kappa shape index (κ1) is 17.7. The van der Waals surface area contributed by atoms with E-state index in [1.54, 1.807) is 31.2 Å². The molecule has 1 aromatic carbocycles. The van der Waals surface area contributed by atoms with Gasteiger partial charge in [0.25, 0.3) is 0 Å². The van der Waals surface area contributed by atoms with E-state index >= 15 is 0 Å². The van der Waals surface area contributed by atoms with Gasteiger partial charge in [-0.2, -0.15) is 0 Å². The molecule has 0 radical (unpaired) electrons. The summed E-state index contributed by atoms with van der Waals surface area (Å²) in [4.78, 5) is 11.4. The number of benzene rings is 1. The predicted octanol–water partition coefficient (Wildman–Crippen LogP) is 2.40. The first-order valence-corrected chi connectivity index (χ1v) is 8.66. The van der Waals surface area contributed by atoms with Crippen molar-refractivity contribution in [3.05, 3.63) is 29.8 Å². The highest BCUT2D eigenvalue weighted by atomic mass is 32.2. The Morgan fingerprint density at radius 3 is 2.43 bits per heavy atom. The van der Waals surface area contributed by atoms with E-state index in [0.717, 1.165) is 12.0 Å². The molecule has 5 nitrogen and oxygen atoms in total. The van der Waals surface area contributed by atoms with Crippen LogP contribution in [-0.4, -0.2) is 27.5 Å². The van der Waals surface area contributed by atoms with Crippen LogP contribution in [0.15, 0.2) is 29.2 Å². The van der Waals surface area contributed by atoms with Crippen molar-refractivity contribution in [2.75, 3.05) is 13.2 Å². The molecule has 0 saturated carbocycles. The molecule has 118 valence electrons. The van der Waals surface area contributed by atoms with E-state index < -0.39 is 10.0 Å². The third kappa shape index (κ3) is 6.73. The van der Waals surface area contributed by atoms with Crippen LogP contribution in [-0.2, 0) is 19.6 Å². The van der Waals surface area contributed by atoms with Gasteiger partial charge in [-0.15, -0.1) is 0 Å². The van der Waals surface area contributed by atoms with E-state index in [9.17, 15) is 13.2 Å². The highest BCUT2D eigenvalue weighted by Crippen LogP contribution is 2.10. The molecule has 21 heavy (non-hydrogen) atoms. The van der Waals surface area contributed by atoms with E-state index in [-0.39, 0.29) is 10.9 Å². The summed E-state index contributed by atoms with van der Waals surface area (Å²) in [6, 6.07) is 6.73. The monoisotopic (exact) mass is 313 g/mol. The summed E-state index contributed by atoms with van der Waals surface area (Å²) < 4.78 is 31.4. The number of unbranched alkanes of at least 4 members (excludes halogenated alkanes) is 2. The van der Waals surface area contributed by atoms with Gasteiger partial charge >= 0.3 is 5.97 Å². The maximum atomic E-state index is 12.0.